The van der Waals surface area contributed by atoms with Crippen molar-refractivity contribution >= 4 is 157 Å². The summed E-state index contributed by atoms with van der Waals surface area (Å²) in [6.07, 6.45) is -16.3. The van der Waals surface area contributed by atoms with Crippen molar-refractivity contribution in [3.8, 4) is 0 Å². The number of nitrogens with two attached hydrogens (primary N) is 4. The molecule has 0 amide bonds. The Kier molecular flexibility index (Phi) is 29.1. The van der Waals surface area contributed by atoms with Crippen LogP contribution in [0.2, 0.25) is 0 Å². The Morgan fingerprint density at radius 2 is 0.760 bits per heavy atom. The maximum Gasteiger partial charge on any atom is 0.351 e. The van der Waals surface area contributed by atoms with Crippen LogP contribution in [0.1, 0.15) is 111 Å². The van der Waals surface area contributed by atoms with E-state index in [0.29, 0.717) is 28.7 Å². The van der Waals surface area contributed by atoms with E-state index in [-0.39, 0.29) is 71.4 Å². The summed E-state index contributed by atoms with van der Waals surface area (Å²) < 4.78 is 128. The molecule has 0 bridgehead atoms. The number of fused-ring (bicyclic) bond motifs is 2. The number of aromatic nitrogens is 16. The fraction of sp³-hybridized carbons (Fsp3) is 0.581. The van der Waals surface area contributed by atoms with Crippen molar-refractivity contribution in [2.75, 3.05) is 63.1 Å². The Bertz CT molecular complexity index is 6190. The van der Waals surface area contributed by atoms with Crippen LogP contribution in [0.15, 0.2) is 77.3 Å². The number of rotatable bonds is 35. The number of ether oxygens (including phenoxy) is 6. The minimum atomic E-state index is -5.01. The van der Waals surface area contributed by atoms with E-state index in [2.05, 4.69) is 49.8 Å². The van der Waals surface area contributed by atoms with Crippen molar-refractivity contribution in [3.05, 3.63) is 139 Å². The summed E-state index contributed by atoms with van der Waals surface area (Å²) in [5, 5.41) is 0. The number of imidazole rings is 2. The first-order chi connectivity index (χ1) is 58.8. The Labute approximate surface area is 734 Å². The molecule has 14 heterocycles. The van der Waals surface area contributed by atoms with Crippen molar-refractivity contribution in [1.82, 2.24) is 77.2 Å². The summed E-state index contributed by atoms with van der Waals surface area (Å²) in [4.78, 5) is 198. The second kappa shape index (κ2) is 38.1. The number of H-pyrrole nitrogens is 3. The molecule has 11 N–H and O–H groups in total. The van der Waals surface area contributed by atoms with Gasteiger partial charge in [0, 0.05) is 92.7 Å². The SMILES string of the molecule is CC[C@H]1O[C@@H](n2cnc3c(N)ncnc32)CC1OP([O-])(=S)OC[C@H]1O[C@@H](n2cc(C)c(=O)[nH]c2=O)CC1OP(=O)([S-])OC[C@H]1O[C@@H](n2cc(C)c(=O)[nH]c2=O)CC1OP([O-])(=S)OC[C@H]1O[C@@H](n2cc(C)c(N)nc2=O)CC1OP([O-])(=S)OC[C@H]1O[C@@H](n2cnc3c(=O)[nH]c(N)nc32)CC1OP([O-])(=S)OC[C@H]1O[C@@H](n2cc(C)c(N)nc2=O)CC1OP([O-])(=S)OC. The van der Waals surface area contributed by atoms with Gasteiger partial charge in [0.05, 0.1) is 88.4 Å². The van der Waals surface area contributed by atoms with Crippen LogP contribution < -0.4 is 86.8 Å². The van der Waals surface area contributed by atoms with E-state index in [0.717, 1.165) is 31.6 Å². The van der Waals surface area contributed by atoms with Crippen molar-refractivity contribution in [2.24, 2.45) is 0 Å². The Hall–Kier alpha value is -5.87. The molecule has 51 nitrogen and oxygen atoms in total. The summed E-state index contributed by atoms with van der Waals surface area (Å²) in [5.41, 5.74) is 19.0. The third kappa shape index (κ3) is 22.3. The van der Waals surface area contributed by atoms with E-state index in [1.807, 2.05) is 0 Å². The van der Waals surface area contributed by atoms with Crippen molar-refractivity contribution in [1.29, 1.82) is 0 Å². The van der Waals surface area contributed by atoms with Gasteiger partial charge >= 0.3 is 22.8 Å². The first-order valence-corrected chi connectivity index (χ1v) is 52.8. The van der Waals surface area contributed by atoms with Gasteiger partial charge in [-0.05, 0) is 34.1 Å². The fourth-order valence-corrected chi connectivity index (χ4v) is 22.7. The third-order valence-corrected chi connectivity index (χ3v) is 30.1. The van der Waals surface area contributed by atoms with Crippen molar-refractivity contribution < 1.29 is 112 Å². The van der Waals surface area contributed by atoms with E-state index in [4.69, 9.17) is 177 Å². The van der Waals surface area contributed by atoms with Crippen LogP contribution in [-0.2, 0) is 159 Å². The number of anilines is 4. The second-order valence-electron chi connectivity index (χ2n) is 29.1. The molecule has 24 atom stereocenters. The van der Waals surface area contributed by atoms with Gasteiger partial charge in [-0.25, -0.2) is 39.1 Å². The number of nitrogens with zero attached hydrogens (tertiary/aromatic N) is 13. The number of hydrogen-bond donors (Lipinski definition) is 7. The highest BCUT2D eigenvalue weighted by Gasteiger charge is 2.48. The van der Waals surface area contributed by atoms with E-state index in [1.165, 1.54) is 62.9 Å². The molecule has 0 spiro atoms. The van der Waals surface area contributed by atoms with Gasteiger partial charge in [-0.15, -0.1) is 0 Å². The lowest BCUT2D eigenvalue weighted by atomic mass is 10.1. The maximum absolute atomic E-state index is 14.8. The molecule has 6 fully saturated rings. The largest absolute Gasteiger partial charge is 0.780 e. The predicted octanol–water partition coefficient (Wildman–Crippen LogP) is -2.11. The summed E-state index contributed by atoms with van der Waals surface area (Å²) >= 11 is 32.3. The Balaban J connectivity index is 0.669. The van der Waals surface area contributed by atoms with Gasteiger partial charge in [-0.2, -0.15) is 15.0 Å². The van der Waals surface area contributed by atoms with E-state index in [1.54, 1.807) is 18.4 Å². The lowest BCUT2D eigenvalue weighted by Crippen LogP contribution is -2.34. The quantitative estimate of drug-likeness (QED) is 0.0165. The molecule has 125 heavy (non-hydrogen) atoms. The molecule has 0 radical (unpaired) electrons. The molecular weight excluding hydrogens is 1900 g/mol. The molecule has 6 aliphatic heterocycles. The molecule has 6 saturated heterocycles. The molecule has 0 aliphatic carbocycles. The van der Waals surface area contributed by atoms with Gasteiger partial charge in [0.1, 0.15) is 125 Å². The minimum absolute atomic E-state index is 0.0272. The van der Waals surface area contributed by atoms with Crippen LogP contribution >= 0.6 is 40.4 Å². The third-order valence-electron chi connectivity index (χ3n) is 20.6. The maximum atomic E-state index is 14.8. The molecule has 0 saturated carbocycles. The monoisotopic (exact) mass is 1980 g/mol. The van der Waals surface area contributed by atoms with Crippen LogP contribution in [0.5, 0.6) is 0 Å². The Morgan fingerprint density at radius 3 is 1.16 bits per heavy atom. The zero-order valence-electron chi connectivity index (χ0n) is 65.8. The molecule has 684 valence electrons. The highest BCUT2D eigenvalue weighted by molar-refractivity contribution is 8.32. The van der Waals surface area contributed by atoms with E-state index in [9.17, 15) is 62.6 Å². The molecular formula is C62H78N20O31P6S6-6. The highest BCUT2D eigenvalue weighted by Crippen LogP contribution is 2.56. The lowest BCUT2D eigenvalue weighted by Gasteiger charge is -2.36. The van der Waals surface area contributed by atoms with Crippen LogP contribution in [0.4, 0.5) is 23.4 Å². The van der Waals surface area contributed by atoms with Crippen LogP contribution in [0, 0.1) is 27.7 Å². The zero-order valence-corrected chi connectivity index (χ0v) is 76.1. The molecule has 14 rings (SSSR count). The van der Waals surface area contributed by atoms with Gasteiger partial charge in [0.15, 0.2) is 29.4 Å². The summed E-state index contributed by atoms with van der Waals surface area (Å²) in [5.74, 6) is -0.404. The summed E-state index contributed by atoms with van der Waals surface area (Å²) in [6, 6.07) is 0. The van der Waals surface area contributed by atoms with Gasteiger partial charge in [0.25, 0.3) is 16.7 Å². The standard InChI is InChI=1S/C62H84N20O31P6S6/c1-7-30-31(8-46(102-30)81-24-69-48-52(65)67-23-68-53(48)81)109-115(91,121)97-19-39-34(11-44(105-39)79-16-28(4)55(83)75-61(79)88)111-117(93,123)100-21-40-35(12-45(106-40)80-17-29(5)56(84)76-62(80)89)112-116(92,122)99-20-38-33(10-43(104-38)78-15-27(3)51(64)72-60(78)87)110-118(94,124)101-22-41-36(13-47(107-41)82-25-70-49-54(82)73-58(66)74-57(49)85)113-119(95,125)98-18-37-32(108-114(90,120)96-6)9-42(103-37)77-14-26(2)50(63)71-59(77)86/h14-17,23-25,30-47H,7-13,18-22H2,1-6H3,(H,90,120)(H,91,121)(H,92,122)(H,93,123)(H,94,124)(H,95,125)(H2,63,71,86)(H2,64,72,87)(H2,65,67,68)(H,75,83,88)(H,76,84,89)(H3,66,73,74,85)/p-6/t30-,31?,32?,33?,34?,35?,36?,37-,38-,39-,40-,41-,42-,43-,44-,45-,46-,47-,114?,115?,116?,117?,118?,119?/m1/s1. The van der Waals surface area contributed by atoms with E-state index < -0.39 is 236 Å². The summed E-state index contributed by atoms with van der Waals surface area (Å²) in [6.45, 7) is -24.9. The second-order valence-corrected chi connectivity index (χ2v) is 45.5. The lowest BCUT2D eigenvalue weighted by molar-refractivity contribution is -0.221. The van der Waals surface area contributed by atoms with Crippen molar-refractivity contribution in [2.45, 2.75) is 190 Å². The van der Waals surface area contributed by atoms with Crippen molar-refractivity contribution in [3.63, 3.8) is 0 Å². The van der Waals surface area contributed by atoms with Gasteiger partial charge < -0.3 is 142 Å². The minimum Gasteiger partial charge on any atom is -0.780 e. The fourth-order valence-electron chi connectivity index (χ4n) is 14.4. The molecule has 0 aromatic carbocycles. The Morgan fingerprint density at radius 1 is 0.424 bits per heavy atom. The van der Waals surface area contributed by atoms with Gasteiger partial charge in [0.2, 0.25) is 5.95 Å². The highest BCUT2D eigenvalue weighted by atomic mass is 32.7. The normalized spacial score (nSPS) is 29.4. The topological polar surface area (TPSA) is 689 Å². The zero-order chi connectivity index (χ0) is 90.1. The smallest absolute Gasteiger partial charge is 0.351 e. The molecule has 12 unspecified atom stereocenters. The number of hydrogen-bond acceptors (Lipinski definition) is 48. The molecule has 6 aliphatic rings. The number of nitrogens with one attached hydrogen (secondary N) is 3. The molecule has 8 aromatic heterocycles. The van der Waals surface area contributed by atoms with Crippen LogP contribution in [0.3, 0.4) is 0 Å². The number of nitrogen functional groups attached to an aromatic ring is 4. The molecule has 63 heteroatoms. The van der Waals surface area contributed by atoms with Gasteiger partial charge in [-0.3, -0.25) is 61.3 Å². The average Bonchev–Trinajstić information content (AvgIpc) is 1.64. The first kappa shape index (κ1) is 95.2. The van der Waals surface area contributed by atoms with Crippen LogP contribution in [-0.4, -0.2) is 191 Å². The van der Waals surface area contributed by atoms with Crippen LogP contribution in [0.25, 0.3) is 22.3 Å². The average molecular weight is 1980 g/mol. The number of aromatic amines is 3. The van der Waals surface area contributed by atoms with E-state index >= 15 is 0 Å². The van der Waals surface area contributed by atoms with Gasteiger partial charge in [-0.1, -0.05) is 66.0 Å². The summed E-state index contributed by atoms with van der Waals surface area (Å²) in [7, 11) is 1.04. The number of aryl methyl sites for hydroxylation is 4. The first-order valence-electron chi connectivity index (χ1n) is 37.5. The predicted molar refractivity (Wildman–Crippen MR) is 444 cm³/mol. The molecule has 8 aromatic rings.